The monoisotopic (exact) mass is 259 g/mol. The quantitative estimate of drug-likeness (QED) is 0.767. The number of nitrogens with zero attached hydrogens (tertiary/aromatic N) is 2. The van der Waals surface area contributed by atoms with Crippen LogP contribution in [0.15, 0.2) is 12.3 Å². The number of carboxylic acid groups (broad SMARTS) is 1. The second kappa shape index (κ2) is 5.09. The molecule has 0 aliphatic heterocycles. The number of nitrogens with one attached hydrogen (secondary N) is 1. The summed E-state index contributed by atoms with van der Waals surface area (Å²) in [6.45, 7) is 1.65. The first kappa shape index (κ1) is 13.4. The van der Waals surface area contributed by atoms with Crippen molar-refractivity contribution >= 4 is 21.8 Å². The Morgan fingerprint density at radius 2 is 2.24 bits per heavy atom. The van der Waals surface area contributed by atoms with Crippen molar-refractivity contribution in [2.45, 2.75) is 13.0 Å². The van der Waals surface area contributed by atoms with Crippen molar-refractivity contribution in [3.05, 3.63) is 18.0 Å². The highest BCUT2D eigenvalue weighted by Crippen LogP contribution is 2.03. The van der Waals surface area contributed by atoms with Crippen LogP contribution in [0.2, 0.25) is 0 Å². The molecule has 1 aromatic heterocycles. The Bertz CT molecular complexity index is 515. The topological polar surface area (TPSA) is 109 Å². The van der Waals surface area contributed by atoms with Gasteiger partial charge in [-0.15, -0.1) is 0 Å². The summed E-state index contributed by atoms with van der Waals surface area (Å²) >= 11 is 0. The highest BCUT2D eigenvalue weighted by molar-refractivity contribution is 7.90. The van der Waals surface area contributed by atoms with E-state index in [0.29, 0.717) is 0 Å². The molecule has 94 valence electrons. The maximum absolute atomic E-state index is 11.0. The molecular formula is C9H13N3O4S. The second-order valence-corrected chi connectivity index (χ2v) is 5.89. The molecular weight excluding hydrogens is 246 g/mol. The van der Waals surface area contributed by atoms with Gasteiger partial charge in [-0.25, -0.2) is 23.2 Å². The normalized spacial score (nSPS) is 13.1. The van der Waals surface area contributed by atoms with E-state index >= 15 is 0 Å². The summed E-state index contributed by atoms with van der Waals surface area (Å²) in [4.78, 5) is 18.2. The smallest absolute Gasteiger partial charge is 0.354 e. The lowest BCUT2D eigenvalue weighted by molar-refractivity contribution is 0.0690. The fourth-order valence-corrected chi connectivity index (χ4v) is 2.26. The third-order valence-electron chi connectivity index (χ3n) is 1.80. The van der Waals surface area contributed by atoms with Crippen LogP contribution >= 0.6 is 0 Å². The van der Waals surface area contributed by atoms with E-state index in [9.17, 15) is 13.2 Å². The van der Waals surface area contributed by atoms with E-state index < -0.39 is 21.8 Å². The predicted octanol–water partition coefficient (Wildman–Crippen LogP) is 0.0198. The van der Waals surface area contributed by atoms with E-state index in [1.54, 1.807) is 6.92 Å². The van der Waals surface area contributed by atoms with Crippen LogP contribution in [-0.2, 0) is 9.84 Å². The number of rotatable bonds is 5. The third-order valence-corrected chi connectivity index (χ3v) is 2.91. The van der Waals surface area contributed by atoms with Gasteiger partial charge in [0.2, 0.25) is 5.95 Å². The summed E-state index contributed by atoms with van der Waals surface area (Å²) in [5, 5.41) is 11.4. The van der Waals surface area contributed by atoms with Gasteiger partial charge in [-0.05, 0) is 13.0 Å². The van der Waals surface area contributed by atoms with E-state index in [0.717, 1.165) is 6.26 Å². The number of hydrogen-bond acceptors (Lipinski definition) is 6. The van der Waals surface area contributed by atoms with Gasteiger partial charge < -0.3 is 10.4 Å². The molecule has 1 aromatic rings. The average Bonchev–Trinajstić information content (AvgIpc) is 2.14. The average molecular weight is 259 g/mol. The summed E-state index contributed by atoms with van der Waals surface area (Å²) < 4.78 is 22.1. The second-order valence-electron chi connectivity index (χ2n) is 3.71. The number of carbonyl (C=O) groups is 1. The molecule has 17 heavy (non-hydrogen) atoms. The number of hydrogen-bond donors (Lipinski definition) is 2. The van der Waals surface area contributed by atoms with Crippen molar-refractivity contribution in [3.63, 3.8) is 0 Å². The molecule has 0 saturated carbocycles. The Balaban J connectivity index is 2.75. The van der Waals surface area contributed by atoms with Crippen LogP contribution in [0.3, 0.4) is 0 Å². The Kier molecular flexibility index (Phi) is 4.00. The van der Waals surface area contributed by atoms with Gasteiger partial charge in [-0.2, -0.15) is 0 Å². The van der Waals surface area contributed by atoms with Crippen molar-refractivity contribution in [1.29, 1.82) is 0 Å². The van der Waals surface area contributed by atoms with Crippen molar-refractivity contribution in [2.75, 3.05) is 17.3 Å². The standard InChI is InChI=1S/C9H13N3O4S/c1-6(5-17(2,15)16)11-9-10-4-3-7(12-9)8(13)14/h3-4,6H,5H2,1-2H3,(H,13,14)(H,10,11,12). The van der Waals surface area contributed by atoms with E-state index in [-0.39, 0.29) is 17.4 Å². The summed E-state index contributed by atoms with van der Waals surface area (Å²) in [7, 11) is -3.10. The van der Waals surface area contributed by atoms with Crippen LogP contribution in [0.1, 0.15) is 17.4 Å². The van der Waals surface area contributed by atoms with Crippen LogP contribution in [0.5, 0.6) is 0 Å². The summed E-state index contributed by atoms with van der Waals surface area (Å²) in [6, 6.07) is 0.864. The van der Waals surface area contributed by atoms with Crippen LogP contribution in [0.25, 0.3) is 0 Å². The number of anilines is 1. The fraction of sp³-hybridized carbons (Fsp3) is 0.444. The molecule has 0 aliphatic carbocycles. The number of aromatic nitrogens is 2. The van der Waals surface area contributed by atoms with Gasteiger partial charge in [0.1, 0.15) is 9.84 Å². The van der Waals surface area contributed by atoms with Crippen LogP contribution in [-0.4, -0.2) is 47.5 Å². The maximum Gasteiger partial charge on any atom is 0.354 e. The van der Waals surface area contributed by atoms with Crippen LogP contribution < -0.4 is 5.32 Å². The molecule has 0 saturated heterocycles. The molecule has 0 radical (unpaired) electrons. The third kappa shape index (κ3) is 4.77. The molecule has 0 aliphatic rings. The van der Waals surface area contributed by atoms with Gasteiger partial charge >= 0.3 is 5.97 Å². The van der Waals surface area contributed by atoms with E-state index in [2.05, 4.69) is 15.3 Å². The van der Waals surface area contributed by atoms with E-state index in [4.69, 9.17) is 5.11 Å². The highest BCUT2D eigenvalue weighted by Gasteiger charge is 2.12. The zero-order valence-corrected chi connectivity index (χ0v) is 10.2. The first-order chi connectivity index (χ1) is 7.78. The molecule has 2 N–H and O–H groups in total. The van der Waals surface area contributed by atoms with E-state index in [1.165, 1.54) is 12.3 Å². The van der Waals surface area contributed by atoms with Gasteiger partial charge in [-0.3, -0.25) is 0 Å². The van der Waals surface area contributed by atoms with Crippen LogP contribution in [0, 0.1) is 0 Å². The molecule has 1 rings (SSSR count). The Labute approximate surface area is 98.8 Å². The molecule has 1 heterocycles. The lowest BCUT2D eigenvalue weighted by Gasteiger charge is -2.12. The number of carboxylic acids is 1. The molecule has 0 fully saturated rings. The molecule has 0 spiro atoms. The SMILES string of the molecule is CC(CS(C)(=O)=O)Nc1nccc(C(=O)O)n1. The van der Waals surface area contributed by atoms with Crippen LogP contribution in [0.4, 0.5) is 5.95 Å². The Morgan fingerprint density at radius 1 is 1.59 bits per heavy atom. The van der Waals surface area contributed by atoms with E-state index in [1.807, 2.05) is 0 Å². The van der Waals surface area contributed by atoms with Gasteiger partial charge in [0.05, 0.1) is 5.75 Å². The Morgan fingerprint density at radius 3 is 2.76 bits per heavy atom. The summed E-state index contributed by atoms with van der Waals surface area (Å²) in [5.74, 6) is -1.14. The van der Waals surface area contributed by atoms with Gasteiger partial charge in [-0.1, -0.05) is 0 Å². The minimum atomic E-state index is -3.10. The lowest BCUT2D eigenvalue weighted by Crippen LogP contribution is -2.26. The van der Waals surface area contributed by atoms with Crippen molar-refractivity contribution in [2.24, 2.45) is 0 Å². The Hall–Kier alpha value is -1.70. The molecule has 7 nitrogen and oxygen atoms in total. The molecule has 8 heteroatoms. The zero-order chi connectivity index (χ0) is 13.1. The largest absolute Gasteiger partial charge is 0.477 e. The van der Waals surface area contributed by atoms with Gasteiger partial charge in [0, 0.05) is 18.5 Å². The number of aromatic carboxylic acids is 1. The van der Waals surface area contributed by atoms with Crippen molar-refractivity contribution < 1.29 is 18.3 Å². The predicted molar refractivity (Wildman–Crippen MR) is 61.8 cm³/mol. The zero-order valence-electron chi connectivity index (χ0n) is 9.41. The van der Waals surface area contributed by atoms with Gasteiger partial charge in [0.15, 0.2) is 5.69 Å². The molecule has 0 amide bonds. The minimum Gasteiger partial charge on any atom is -0.477 e. The minimum absolute atomic E-state index is 0.0757. The lowest BCUT2D eigenvalue weighted by atomic mass is 10.4. The summed E-state index contributed by atoms with van der Waals surface area (Å²) in [5.41, 5.74) is -0.144. The maximum atomic E-state index is 11.0. The fourth-order valence-electron chi connectivity index (χ4n) is 1.26. The molecule has 0 bridgehead atoms. The van der Waals surface area contributed by atoms with Crippen molar-refractivity contribution in [1.82, 2.24) is 9.97 Å². The highest BCUT2D eigenvalue weighted by atomic mass is 32.2. The number of sulfone groups is 1. The molecule has 0 aromatic carbocycles. The van der Waals surface area contributed by atoms with Crippen molar-refractivity contribution in [3.8, 4) is 0 Å². The first-order valence-corrected chi connectivity index (χ1v) is 6.84. The first-order valence-electron chi connectivity index (χ1n) is 4.78. The summed E-state index contributed by atoms with van der Waals surface area (Å²) in [6.07, 6.45) is 2.42. The molecule has 1 unspecified atom stereocenters. The molecule has 1 atom stereocenters. The van der Waals surface area contributed by atoms with Gasteiger partial charge in [0.25, 0.3) is 0 Å².